The number of rotatable bonds is 5. The van der Waals surface area contributed by atoms with Crippen LogP contribution in [0.25, 0.3) is 0 Å². The average molecular weight is 194 g/mol. The molecule has 1 aromatic heterocycles. The van der Waals surface area contributed by atoms with Gasteiger partial charge in [-0.05, 0) is 32.4 Å². The molecule has 3 nitrogen and oxygen atoms in total. The van der Waals surface area contributed by atoms with Gasteiger partial charge in [-0.25, -0.2) is 0 Å². The fourth-order valence-electron chi connectivity index (χ4n) is 1.20. The van der Waals surface area contributed by atoms with Crippen molar-refractivity contribution in [2.24, 2.45) is 0 Å². The normalized spacial score (nSPS) is 11.6. The Hall–Kier alpha value is -0.930. The molecule has 0 unspecified atom stereocenters. The smallest absolute Gasteiger partial charge is 0.0541 e. The predicted octanol–water partition coefficient (Wildman–Crippen LogP) is 1.33. The van der Waals surface area contributed by atoms with Gasteiger partial charge in [-0.1, -0.05) is 6.07 Å². The first kappa shape index (κ1) is 11.1. The quantitative estimate of drug-likeness (QED) is 0.743. The van der Waals surface area contributed by atoms with Gasteiger partial charge < -0.3 is 10.4 Å². The van der Waals surface area contributed by atoms with Gasteiger partial charge >= 0.3 is 0 Å². The molecule has 0 amide bonds. The van der Waals surface area contributed by atoms with Gasteiger partial charge in [-0.15, -0.1) is 0 Å². The summed E-state index contributed by atoms with van der Waals surface area (Å²) in [6.45, 7) is 5.11. The van der Waals surface area contributed by atoms with Crippen LogP contribution in [0.5, 0.6) is 0 Å². The second-order valence-corrected chi connectivity index (χ2v) is 4.03. The van der Waals surface area contributed by atoms with Crippen LogP contribution in [0.15, 0.2) is 24.4 Å². The Morgan fingerprint density at radius 2 is 2.21 bits per heavy atom. The lowest BCUT2D eigenvalue weighted by Gasteiger charge is -2.25. The Morgan fingerprint density at radius 1 is 1.43 bits per heavy atom. The first-order valence-electron chi connectivity index (χ1n) is 4.90. The topological polar surface area (TPSA) is 45.1 Å². The van der Waals surface area contributed by atoms with Gasteiger partial charge in [0.2, 0.25) is 0 Å². The molecule has 0 bridgehead atoms. The van der Waals surface area contributed by atoms with E-state index < -0.39 is 0 Å². The molecule has 0 aromatic carbocycles. The summed E-state index contributed by atoms with van der Waals surface area (Å²) in [6, 6.07) is 5.87. The molecule has 1 heterocycles. The van der Waals surface area contributed by atoms with Crippen LogP contribution in [0, 0.1) is 0 Å². The van der Waals surface area contributed by atoms with Crippen molar-refractivity contribution in [3.05, 3.63) is 30.1 Å². The van der Waals surface area contributed by atoms with Crippen LogP contribution in [0.2, 0.25) is 0 Å². The van der Waals surface area contributed by atoms with Crippen LogP contribution < -0.4 is 5.32 Å². The monoisotopic (exact) mass is 194 g/mol. The summed E-state index contributed by atoms with van der Waals surface area (Å²) >= 11 is 0. The Labute approximate surface area is 85.2 Å². The highest BCUT2D eigenvalue weighted by Crippen LogP contribution is 2.08. The van der Waals surface area contributed by atoms with Gasteiger partial charge in [0.1, 0.15) is 0 Å². The lowest BCUT2D eigenvalue weighted by atomic mass is 10.0. The second kappa shape index (κ2) is 5.08. The van der Waals surface area contributed by atoms with Crippen LogP contribution in [0.4, 0.5) is 0 Å². The minimum absolute atomic E-state index is 0.0354. The van der Waals surface area contributed by atoms with E-state index >= 15 is 0 Å². The molecule has 0 fully saturated rings. The minimum atomic E-state index is -0.0354. The van der Waals surface area contributed by atoms with Gasteiger partial charge in [0.15, 0.2) is 0 Å². The van der Waals surface area contributed by atoms with Gasteiger partial charge in [0.05, 0.1) is 5.69 Å². The number of hydrogen-bond donors (Lipinski definition) is 2. The maximum absolute atomic E-state index is 8.84. The second-order valence-electron chi connectivity index (χ2n) is 4.03. The molecule has 0 spiro atoms. The first-order valence-corrected chi connectivity index (χ1v) is 4.90. The number of nitrogens with zero attached hydrogens (tertiary/aromatic N) is 1. The molecular formula is C11H18N2O. The fraction of sp³-hybridized carbons (Fsp3) is 0.545. The third-order valence-electron chi connectivity index (χ3n) is 2.21. The van der Waals surface area contributed by atoms with Crippen molar-refractivity contribution < 1.29 is 5.11 Å². The zero-order chi connectivity index (χ0) is 10.4. The van der Waals surface area contributed by atoms with Crippen LogP contribution in [0.1, 0.15) is 26.0 Å². The van der Waals surface area contributed by atoms with E-state index in [4.69, 9.17) is 5.11 Å². The Balaban J connectivity index is 2.40. The largest absolute Gasteiger partial charge is 0.396 e. The van der Waals surface area contributed by atoms with Crippen LogP contribution in [-0.4, -0.2) is 22.2 Å². The van der Waals surface area contributed by atoms with Gasteiger partial charge in [-0.2, -0.15) is 0 Å². The summed E-state index contributed by atoms with van der Waals surface area (Å²) in [5, 5.41) is 12.2. The standard InChI is InChI=1S/C11H18N2O/c1-11(2,6-8-14)13-9-10-5-3-4-7-12-10/h3-5,7,13-14H,6,8-9H2,1-2H3. The van der Waals surface area contributed by atoms with E-state index in [1.807, 2.05) is 18.2 Å². The molecule has 0 saturated carbocycles. The number of pyridine rings is 1. The summed E-state index contributed by atoms with van der Waals surface area (Å²) in [5.41, 5.74) is 0.991. The maximum atomic E-state index is 8.84. The molecule has 3 heteroatoms. The summed E-state index contributed by atoms with van der Waals surface area (Å²) in [7, 11) is 0. The zero-order valence-electron chi connectivity index (χ0n) is 8.83. The zero-order valence-corrected chi connectivity index (χ0v) is 8.83. The Morgan fingerprint density at radius 3 is 2.79 bits per heavy atom. The lowest BCUT2D eigenvalue weighted by Crippen LogP contribution is -2.39. The van der Waals surface area contributed by atoms with E-state index in [9.17, 15) is 0 Å². The lowest BCUT2D eigenvalue weighted by molar-refractivity contribution is 0.229. The highest BCUT2D eigenvalue weighted by Gasteiger charge is 2.15. The summed E-state index contributed by atoms with van der Waals surface area (Å²) in [6.07, 6.45) is 2.54. The van der Waals surface area contributed by atoms with Crippen molar-refractivity contribution >= 4 is 0 Å². The molecule has 1 aromatic rings. The maximum Gasteiger partial charge on any atom is 0.0541 e. The van der Waals surface area contributed by atoms with E-state index in [1.54, 1.807) is 6.20 Å². The van der Waals surface area contributed by atoms with E-state index in [-0.39, 0.29) is 12.1 Å². The minimum Gasteiger partial charge on any atom is -0.396 e. The molecular weight excluding hydrogens is 176 g/mol. The van der Waals surface area contributed by atoms with Gasteiger partial charge in [-0.3, -0.25) is 4.98 Å². The van der Waals surface area contributed by atoms with Crippen molar-refractivity contribution in [3.63, 3.8) is 0 Å². The van der Waals surface area contributed by atoms with Gasteiger partial charge in [0.25, 0.3) is 0 Å². The number of hydrogen-bond acceptors (Lipinski definition) is 3. The summed E-state index contributed by atoms with van der Waals surface area (Å²) in [5.74, 6) is 0. The molecule has 0 aliphatic rings. The molecule has 0 saturated heterocycles. The SMILES string of the molecule is CC(C)(CCO)NCc1ccccn1. The van der Waals surface area contributed by atoms with Crippen molar-refractivity contribution in [2.45, 2.75) is 32.4 Å². The van der Waals surface area contributed by atoms with E-state index in [2.05, 4.69) is 24.1 Å². The molecule has 78 valence electrons. The van der Waals surface area contributed by atoms with E-state index in [0.717, 1.165) is 18.7 Å². The molecule has 0 atom stereocenters. The summed E-state index contributed by atoms with van der Waals surface area (Å²) in [4.78, 5) is 4.22. The van der Waals surface area contributed by atoms with Gasteiger partial charge in [0, 0.05) is 24.9 Å². The number of aromatic nitrogens is 1. The molecule has 14 heavy (non-hydrogen) atoms. The van der Waals surface area contributed by atoms with Crippen LogP contribution in [-0.2, 0) is 6.54 Å². The van der Waals surface area contributed by atoms with Crippen LogP contribution >= 0.6 is 0 Å². The number of aliphatic hydroxyl groups is 1. The highest BCUT2D eigenvalue weighted by atomic mass is 16.3. The predicted molar refractivity (Wildman–Crippen MR) is 56.9 cm³/mol. The van der Waals surface area contributed by atoms with Crippen molar-refractivity contribution in [1.82, 2.24) is 10.3 Å². The Bertz CT molecular complexity index is 259. The van der Waals surface area contributed by atoms with Crippen molar-refractivity contribution in [2.75, 3.05) is 6.61 Å². The number of aliphatic hydroxyl groups excluding tert-OH is 1. The fourth-order valence-corrected chi connectivity index (χ4v) is 1.20. The molecule has 1 rings (SSSR count). The summed E-state index contributed by atoms with van der Waals surface area (Å²) < 4.78 is 0. The van der Waals surface area contributed by atoms with E-state index in [1.165, 1.54) is 0 Å². The molecule has 2 N–H and O–H groups in total. The third kappa shape index (κ3) is 3.85. The third-order valence-corrected chi connectivity index (χ3v) is 2.21. The van der Waals surface area contributed by atoms with Crippen LogP contribution in [0.3, 0.4) is 0 Å². The molecule has 0 aliphatic carbocycles. The van der Waals surface area contributed by atoms with E-state index in [0.29, 0.717) is 0 Å². The molecule has 0 aliphatic heterocycles. The Kier molecular flexibility index (Phi) is 4.04. The molecule has 0 radical (unpaired) electrons. The van der Waals surface area contributed by atoms with Crippen molar-refractivity contribution in [3.8, 4) is 0 Å². The first-order chi connectivity index (χ1) is 6.64. The average Bonchev–Trinajstić information content (AvgIpc) is 2.17. The number of nitrogens with one attached hydrogen (secondary N) is 1. The van der Waals surface area contributed by atoms with Crippen molar-refractivity contribution in [1.29, 1.82) is 0 Å². The highest BCUT2D eigenvalue weighted by molar-refractivity contribution is 5.03.